The van der Waals surface area contributed by atoms with Crippen molar-refractivity contribution in [2.75, 3.05) is 22.5 Å². The number of hydrogen-bond acceptors (Lipinski definition) is 6. The molecule has 0 unspecified atom stereocenters. The number of benzene rings is 1. The SMILES string of the molecule is CCNc1nc(C)cc(Nc2ccc(NC(=O)c3ccncc3)cc2)n1. The molecule has 0 aliphatic heterocycles. The zero-order valence-corrected chi connectivity index (χ0v) is 14.7. The molecule has 1 amide bonds. The molecule has 26 heavy (non-hydrogen) atoms. The number of anilines is 4. The van der Waals surface area contributed by atoms with Gasteiger partial charge >= 0.3 is 0 Å². The Morgan fingerprint density at radius 1 is 1.00 bits per heavy atom. The van der Waals surface area contributed by atoms with Crippen LogP contribution in [-0.4, -0.2) is 27.4 Å². The lowest BCUT2D eigenvalue weighted by Gasteiger charge is -2.10. The lowest BCUT2D eigenvalue weighted by atomic mass is 10.2. The van der Waals surface area contributed by atoms with Gasteiger partial charge in [-0.25, -0.2) is 4.98 Å². The fraction of sp³-hybridized carbons (Fsp3) is 0.158. The quantitative estimate of drug-likeness (QED) is 0.630. The van der Waals surface area contributed by atoms with E-state index in [2.05, 4.69) is 30.9 Å². The van der Waals surface area contributed by atoms with Gasteiger partial charge in [-0.15, -0.1) is 0 Å². The molecule has 7 heteroatoms. The maximum atomic E-state index is 12.1. The molecule has 7 nitrogen and oxygen atoms in total. The second-order valence-corrected chi connectivity index (χ2v) is 5.64. The fourth-order valence-electron chi connectivity index (χ4n) is 2.36. The molecule has 0 fully saturated rings. The van der Waals surface area contributed by atoms with E-state index in [-0.39, 0.29) is 5.91 Å². The molecular weight excluding hydrogens is 328 g/mol. The number of amides is 1. The van der Waals surface area contributed by atoms with Gasteiger partial charge in [0, 0.05) is 47.6 Å². The molecule has 3 N–H and O–H groups in total. The molecule has 2 heterocycles. The summed E-state index contributed by atoms with van der Waals surface area (Å²) in [5.74, 6) is 1.13. The topological polar surface area (TPSA) is 91.8 Å². The molecule has 3 rings (SSSR count). The zero-order chi connectivity index (χ0) is 18.4. The third-order valence-electron chi connectivity index (χ3n) is 3.55. The number of carbonyl (C=O) groups excluding carboxylic acids is 1. The van der Waals surface area contributed by atoms with Crippen molar-refractivity contribution in [3.05, 3.63) is 66.1 Å². The third-order valence-corrected chi connectivity index (χ3v) is 3.55. The van der Waals surface area contributed by atoms with Gasteiger partial charge < -0.3 is 16.0 Å². The van der Waals surface area contributed by atoms with Crippen LogP contribution in [0.15, 0.2) is 54.9 Å². The van der Waals surface area contributed by atoms with E-state index in [1.54, 1.807) is 24.5 Å². The second-order valence-electron chi connectivity index (χ2n) is 5.64. The Labute approximate surface area is 151 Å². The highest BCUT2D eigenvalue weighted by Gasteiger charge is 2.06. The van der Waals surface area contributed by atoms with E-state index in [1.165, 1.54) is 0 Å². The van der Waals surface area contributed by atoms with Crippen molar-refractivity contribution >= 4 is 29.0 Å². The summed E-state index contributed by atoms with van der Waals surface area (Å²) in [6.45, 7) is 4.68. The predicted octanol–water partition coefficient (Wildman–Crippen LogP) is 3.61. The van der Waals surface area contributed by atoms with Crippen LogP contribution in [-0.2, 0) is 0 Å². The average Bonchev–Trinajstić information content (AvgIpc) is 2.64. The Morgan fingerprint density at radius 3 is 2.38 bits per heavy atom. The Kier molecular flexibility index (Phi) is 5.38. The lowest BCUT2D eigenvalue weighted by molar-refractivity contribution is 0.102. The summed E-state index contributed by atoms with van der Waals surface area (Å²) in [6, 6.07) is 12.6. The molecule has 0 bridgehead atoms. The van der Waals surface area contributed by atoms with Gasteiger partial charge in [0.05, 0.1) is 0 Å². The van der Waals surface area contributed by atoms with E-state index in [0.29, 0.717) is 23.0 Å². The summed E-state index contributed by atoms with van der Waals surface area (Å²) in [6.07, 6.45) is 3.18. The Bertz CT molecular complexity index is 880. The number of nitrogens with one attached hydrogen (secondary N) is 3. The summed E-state index contributed by atoms with van der Waals surface area (Å²) in [5, 5.41) is 9.20. The highest BCUT2D eigenvalue weighted by atomic mass is 16.1. The van der Waals surface area contributed by atoms with Gasteiger partial charge in [0.1, 0.15) is 5.82 Å². The summed E-state index contributed by atoms with van der Waals surface area (Å²) in [4.78, 5) is 24.8. The number of carbonyl (C=O) groups is 1. The molecule has 0 spiro atoms. The van der Waals surface area contributed by atoms with Gasteiger partial charge in [-0.2, -0.15) is 4.98 Å². The van der Waals surface area contributed by atoms with Crippen LogP contribution in [0.4, 0.5) is 23.1 Å². The highest BCUT2D eigenvalue weighted by molar-refractivity contribution is 6.04. The standard InChI is InChI=1S/C19H20N6O/c1-3-21-19-22-13(2)12-17(25-19)23-15-4-6-16(7-5-15)24-18(26)14-8-10-20-11-9-14/h4-12H,3H2,1-2H3,(H,24,26)(H2,21,22,23,25). The number of pyridine rings is 1. The number of aromatic nitrogens is 3. The van der Waals surface area contributed by atoms with Gasteiger partial charge in [0.25, 0.3) is 5.91 Å². The first-order valence-electron chi connectivity index (χ1n) is 8.32. The maximum Gasteiger partial charge on any atom is 0.255 e. The second kappa shape index (κ2) is 8.06. The molecule has 132 valence electrons. The van der Waals surface area contributed by atoms with Crippen molar-refractivity contribution in [2.24, 2.45) is 0 Å². The van der Waals surface area contributed by atoms with E-state index >= 15 is 0 Å². The Morgan fingerprint density at radius 2 is 1.69 bits per heavy atom. The van der Waals surface area contributed by atoms with E-state index in [0.717, 1.165) is 17.9 Å². The number of aryl methyl sites for hydroxylation is 1. The van der Waals surface area contributed by atoms with Crippen LogP contribution in [0.1, 0.15) is 23.0 Å². The minimum atomic E-state index is -0.171. The van der Waals surface area contributed by atoms with Crippen molar-refractivity contribution in [3.8, 4) is 0 Å². The lowest BCUT2D eigenvalue weighted by Crippen LogP contribution is -2.11. The smallest absolute Gasteiger partial charge is 0.255 e. The van der Waals surface area contributed by atoms with Crippen molar-refractivity contribution < 1.29 is 4.79 Å². The van der Waals surface area contributed by atoms with Crippen LogP contribution in [0, 0.1) is 6.92 Å². The van der Waals surface area contributed by atoms with Crippen molar-refractivity contribution in [3.63, 3.8) is 0 Å². The van der Waals surface area contributed by atoms with Gasteiger partial charge in [0.2, 0.25) is 5.95 Å². The van der Waals surface area contributed by atoms with Gasteiger partial charge in [0.15, 0.2) is 0 Å². The highest BCUT2D eigenvalue weighted by Crippen LogP contribution is 2.19. The van der Waals surface area contributed by atoms with E-state index in [1.807, 2.05) is 44.2 Å². The molecule has 0 aliphatic rings. The van der Waals surface area contributed by atoms with Crippen LogP contribution in [0.25, 0.3) is 0 Å². The molecular formula is C19H20N6O. The molecule has 1 aromatic carbocycles. The fourth-order valence-corrected chi connectivity index (χ4v) is 2.36. The molecule has 0 saturated heterocycles. The minimum absolute atomic E-state index is 0.171. The molecule has 2 aromatic heterocycles. The number of rotatable bonds is 6. The molecule has 0 atom stereocenters. The van der Waals surface area contributed by atoms with Crippen LogP contribution in [0.3, 0.4) is 0 Å². The van der Waals surface area contributed by atoms with Gasteiger partial charge in [-0.1, -0.05) is 0 Å². The molecule has 0 radical (unpaired) electrons. The van der Waals surface area contributed by atoms with Crippen molar-refractivity contribution in [1.82, 2.24) is 15.0 Å². The van der Waals surface area contributed by atoms with Crippen LogP contribution in [0.5, 0.6) is 0 Å². The molecule has 0 saturated carbocycles. The van der Waals surface area contributed by atoms with Crippen LogP contribution >= 0.6 is 0 Å². The Hall–Kier alpha value is -3.48. The van der Waals surface area contributed by atoms with Crippen LogP contribution < -0.4 is 16.0 Å². The maximum absolute atomic E-state index is 12.1. The van der Waals surface area contributed by atoms with Gasteiger partial charge in [-0.05, 0) is 50.2 Å². The predicted molar refractivity (Wildman–Crippen MR) is 103 cm³/mol. The van der Waals surface area contributed by atoms with Crippen molar-refractivity contribution in [2.45, 2.75) is 13.8 Å². The first-order chi connectivity index (χ1) is 12.6. The first kappa shape index (κ1) is 17.3. The largest absolute Gasteiger partial charge is 0.354 e. The Balaban J connectivity index is 1.67. The molecule has 0 aliphatic carbocycles. The minimum Gasteiger partial charge on any atom is -0.354 e. The van der Waals surface area contributed by atoms with E-state index in [9.17, 15) is 4.79 Å². The number of hydrogen-bond donors (Lipinski definition) is 3. The average molecular weight is 348 g/mol. The summed E-state index contributed by atoms with van der Waals surface area (Å²) in [7, 11) is 0. The summed E-state index contributed by atoms with van der Waals surface area (Å²) >= 11 is 0. The van der Waals surface area contributed by atoms with Crippen molar-refractivity contribution in [1.29, 1.82) is 0 Å². The first-order valence-corrected chi connectivity index (χ1v) is 8.32. The van der Waals surface area contributed by atoms with Crippen LogP contribution in [0.2, 0.25) is 0 Å². The summed E-state index contributed by atoms with van der Waals surface area (Å²) < 4.78 is 0. The normalized spacial score (nSPS) is 10.2. The summed E-state index contributed by atoms with van der Waals surface area (Å²) in [5.41, 5.74) is 3.02. The van der Waals surface area contributed by atoms with E-state index < -0.39 is 0 Å². The van der Waals surface area contributed by atoms with Gasteiger partial charge in [-0.3, -0.25) is 9.78 Å². The van der Waals surface area contributed by atoms with E-state index in [4.69, 9.17) is 0 Å². The number of nitrogens with zero attached hydrogens (tertiary/aromatic N) is 3. The monoisotopic (exact) mass is 348 g/mol. The molecule has 3 aromatic rings. The zero-order valence-electron chi connectivity index (χ0n) is 14.7. The third kappa shape index (κ3) is 4.54.